The molecule has 0 bridgehead atoms. The molecule has 30 heavy (non-hydrogen) atoms. The van der Waals surface area contributed by atoms with E-state index in [2.05, 4.69) is 39.6 Å². The SMILES string of the molecule is Cc1cc(C)n(-c2nc3ccccc3nc2Nc2ccc(N3CCCCC3)cc2)n1. The summed E-state index contributed by atoms with van der Waals surface area (Å²) in [6, 6.07) is 18.6. The zero-order valence-electron chi connectivity index (χ0n) is 17.5. The molecule has 0 radical (unpaired) electrons. The maximum atomic E-state index is 4.87. The molecule has 0 aliphatic carbocycles. The molecule has 0 atom stereocenters. The van der Waals surface area contributed by atoms with Crippen molar-refractivity contribution in [3.8, 4) is 5.82 Å². The highest BCUT2D eigenvalue weighted by Crippen LogP contribution is 2.27. The summed E-state index contributed by atoms with van der Waals surface area (Å²) in [6.45, 7) is 6.31. The highest BCUT2D eigenvalue weighted by atomic mass is 15.3. The molecule has 1 fully saturated rings. The van der Waals surface area contributed by atoms with Crippen LogP contribution in [0.5, 0.6) is 0 Å². The number of benzene rings is 2. The maximum Gasteiger partial charge on any atom is 0.197 e. The minimum Gasteiger partial charge on any atom is -0.372 e. The predicted molar refractivity (Wildman–Crippen MR) is 122 cm³/mol. The van der Waals surface area contributed by atoms with E-state index in [9.17, 15) is 0 Å². The average Bonchev–Trinajstić information content (AvgIpc) is 3.12. The summed E-state index contributed by atoms with van der Waals surface area (Å²) >= 11 is 0. The normalized spacial score (nSPS) is 14.3. The zero-order valence-corrected chi connectivity index (χ0v) is 17.5. The Morgan fingerprint density at radius 1 is 0.833 bits per heavy atom. The van der Waals surface area contributed by atoms with Crippen molar-refractivity contribution in [3.63, 3.8) is 0 Å². The third kappa shape index (κ3) is 3.61. The molecule has 6 heteroatoms. The van der Waals surface area contributed by atoms with Crippen molar-refractivity contribution in [1.29, 1.82) is 0 Å². The van der Waals surface area contributed by atoms with Gasteiger partial charge in [0.1, 0.15) is 0 Å². The van der Waals surface area contributed by atoms with Gasteiger partial charge in [0.25, 0.3) is 0 Å². The van der Waals surface area contributed by atoms with Crippen molar-refractivity contribution in [1.82, 2.24) is 19.7 Å². The molecule has 3 heterocycles. The predicted octanol–water partition coefficient (Wildman–Crippen LogP) is 5.17. The summed E-state index contributed by atoms with van der Waals surface area (Å²) in [7, 11) is 0. The first-order valence-corrected chi connectivity index (χ1v) is 10.6. The van der Waals surface area contributed by atoms with E-state index in [-0.39, 0.29) is 0 Å². The van der Waals surface area contributed by atoms with Gasteiger partial charge in [0.05, 0.1) is 16.7 Å². The summed E-state index contributed by atoms with van der Waals surface area (Å²) in [6.07, 6.45) is 3.89. The van der Waals surface area contributed by atoms with Gasteiger partial charge in [-0.3, -0.25) is 0 Å². The number of piperidine rings is 1. The summed E-state index contributed by atoms with van der Waals surface area (Å²) in [5, 5.41) is 8.11. The lowest BCUT2D eigenvalue weighted by atomic mass is 10.1. The number of rotatable bonds is 4. The van der Waals surface area contributed by atoms with Crippen LogP contribution < -0.4 is 10.2 Å². The van der Waals surface area contributed by atoms with Gasteiger partial charge in [-0.05, 0) is 75.6 Å². The minimum atomic E-state index is 0.700. The molecule has 5 rings (SSSR count). The van der Waals surface area contributed by atoms with E-state index >= 15 is 0 Å². The van der Waals surface area contributed by atoms with Crippen molar-refractivity contribution in [3.05, 3.63) is 66.0 Å². The van der Waals surface area contributed by atoms with Crippen molar-refractivity contribution >= 4 is 28.2 Å². The lowest BCUT2D eigenvalue weighted by Gasteiger charge is -2.28. The van der Waals surface area contributed by atoms with E-state index < -0.39 is 0 Å². The molecule has 0 saturated carbocycles. The van der Waals surface area contributed by atoms with Crippen LogP contribution in [0.4, 0.5) is 17.2 Å². The first-order chi connectivity index (χ1) is 14.7. The Hall–Kier alpha value is -3.41. The first-order valence-electron chi connectivity index (χ1n) is 10.6. The number of para-hydroxylation sites is 2. The Morgan fingerprint density at radius 2 is 1.53 bits per heavy atom. The van der Waals surface area contributed by atoms with Crippen LogP contribution in [0, 0.1) is 13.8 Å². The van der Waals surface area contributed by atoms with E-state index in [4.69, 9.17) is 9.97 Å². The number of hydrogen-bond acceptors (Lipinski definition) is 5. The third-order valence-corrected chi connectivity index (χ3v) is 5.61. The second-order valence-corrected chi connectivity index (χ2v) is 7.94. The number of anilines is 3. The number of aromatic nitrogens is 4. The molecule has 0 amide bonds. The summed E-state index contributed by atoms with van der Waals surface area (Å²) in [4.78, 5) is 12.2. The second kappa shape index (κ2) is 7.78. The highest BCUT2D eigenvalue weighted by molar-refractivity contribution is 5.79. The molecule has 2 aromatic carbocycles. The second-order valence-electron chi connectivity index (χ2n) is 7.94. The monoisotopic (exact) mass is 398 g/mol. The van der Waals surface area contributed by atoms with E-state index in [1.54, 1.807) is 0 Å². The van der Waals surface area contributed by atoms with E-state index in [0.717, 1.165) is 41.2 Å². The van der Waals surface area contributed by atoms with Crippen LogP contribution in [0.15, 0.2) is 54.6 Å². The quantitative estimate of drug-likeness (QED) is 0.514. The maximum absolute atomic E-state index is 4.87. The van der Waals surface area contributed by atoms with E-state index in [0.29, 0.717) is 11.6 Å². The number of fused-ring (bicyclic) bond motifs is 1. The molecule has 6 nitrogen and oxygen atoms in total. The number of nitrogens with zero attached hydrogens (tertiary/aromatic N) is 5. The fourth-order valence-corrected chi connectivity index (χ4v) is 4.11. The Morgan fingerprint density at radius 3 is 2.20 bits per heavy atom. The van der Waals surface area contributed by atoms with Crippen molar-refractivity contribution in [2.24, 2.45) is 0 Å². The van der Waals surface area contributed by atoms with Crippen LogP contribution >= 0.6 is 0 Å². The van der Waals surface area contributed by atoms with Gasteiger partial charge < -0.3 is 10.2 Å². The van der Waals surface area contributed by atoms with Crippen LogP contribution in [0.25, 0.3) is 16.9 Å². The molecule has 0 spiro atoms. The van der Waals surface area contributed by atoms with Gasteiger partial charge in [-0.1, -0.05) is 12.1 Å². The average molecular weight is 399 g/mol. The van der Waals surface area contributed by atoms with Crippen LogP contribution in [0.2, 0.25) is 0 Å². The Kier molecular flexibility index (Phi) is 4.83. The largest absolute Gasteiger partial charge is 0.372 e. The van der Waals surface area contributed by atoms with E-state index in [1.807, 2.05) is 48.9 Å². The molecule has 1 aliphatic rings. The van der Waals surface area contributed by atoms with E-state index in [1.165, 1.54) is 24.9 Å². The molecule has 4 aromatic rings. The Labute approximate surface area is 176 Å². The van der Waals surface area contributed by atoms with Gasteiger partial charge in [0.15, 0.2) is 11.6 Å². The number of nitrogens with one attached hydrogen (secondary N) is 1. The van der Waals surface area contributed by atoms with Gasteiger partial charge >= 0.3 is 0 Å². The van der Waals surface area contributed by atoms with Gasteiger partial charge in [0, 0.05) is 30.2 Å². The van der Waals surface area contributed by atoms with Crippen LogP contribution in [0.1, 0.15) is 30.7 Å². The molecule has 2 aromatic heterocycles. The number of hydrogen-bond donors (Lipinski definition) is 1. The van der Waals surface area contributed by atoms with Crippen molar-refractivity contribution < 1.29 is 0 Å². The molecule has 1 N–H and O–H groups in total. The van der Waals surface area contributed by atoms with Crippen molar-refractivity contribution in [2.45, 2.75) is 33.1 Å². The molecular weight excluding hydrogens is 372 g/mol. The molecule has 152 valence electrons. The first kappa shape index (κ1) is 18.6. The van der Waals surface area contributed by atoms with Gasteiger partial charge in [-0.25, -0.2) is 14.6 Å². The third-order valence-electron chi connectivity index (χ3n) is 5.61. The van der Waals surface area contributed by atoms with Gasteiger partial charge in [-0.15, -0.1) is 0 Å². The van der Waals surface area contributed by atoms with Crippen molar-refractivity contribution in [2.75, 3.05) is 23.3 Å². The molecular formula is C24H26N6. The fraction of sp³-hybridized carbons (Fsp3) is 0.292. The fourth-order valence-electron chi connectivity index (χ4n) is 4.11. The zero-order chi connectivity index (χ0) is 20.5. The molecule has 1 aliphatic heterocycles. The summed E-state index contributed by atoms with van der Waals surface area (Å²) < 4.78 is 1.86. The Balaban J connectivity index is 1.51. The summed E-state index contributed by atoms with van der Waals surface area (Å²) in [5.74, 6) is 1.41. The lowest BCUT2D eigenvalue weighted by molar-refractivity contribution is 0.578. The summed E-state index contributed by atoms with van der Waals surface area (Å²) in [5.41, 5.74) is 5.97. The minimum absolute atomic E-state index is 0.700. The van der Waals surface area contributed by atoms with Gasteiger partial charge in [0.2, 0.25) is 0 Å². The van der Waals surface area contributed by atoms with Crippen LogP contribution in [-0.4, -0.2) is 32.8 Å². The lowest BCUT2D eigenvalue weighted by Crippen LogP contribution is -2.29. The number of aryl methyl sites for hydroxylation is 2. The smallest absolute Gasteiger partial charge is 0.197 e. The standard InChI is InChI=1S/C24H26N6/c1-17-16-18(2)30(28-17)24-23(26-21-8-4-5-9-22(21)27-24)25-19-10-12-20(13-11-19)29-14-6-3-7-15-29/h4-5,8-13,16H,3,6-7,14-15H2,1-2H3,(H,25,26). The Bertz CT molecular complexity index is 1170. The highest BCUT2D eigenvalue weighted by Gasteiger charge is 2.15. The molecule has 1 saturated heterocycles. The van der Waals surface area contributed by atoms with Gasteiger partial charge in [-0.2, -0.15) is 5.10 Å². The van der Waals surface area contributed by atoms with Crippen LogP contribution in [0.3, 0.4) is 0 Å². The molecule has 0 unspecified atom stereocenters. The van der Waals surface area contributed by atoms with Crippen LogP contribution in [-0.2, 0) is 0 Å². The topological polar surface area (TPSA) is 58.9 Å².